The number of para-hydroxylation sites is 1. The van der Waals surface area contributed by atoms with Crippen molar-refractivity contribution in [3.8, 4) is 28.5 Å². The lowest BCUT2D eigenvalue weighted by atomic mass is 10.0. The summed E-state index contributed by atoms with van der Waals surface area (Å²) >= 11 is 1.66. The van der Waals surface area contributed by atoms with Crippen LogP contribution >= 0.6 is 11.8 Å². The highest BCUT2D eigenvalue weighted by molar-refractivity contribution is 8.00. The summed E-state index contributed by atoms with van der Waals surface area (Å²) in [6.45, 7) is 0.741. The summed E-state index contributed by atoms with van der Waals surface area (Å²) in [4.78, 5) is 7.83. The molecule has 0 saturated carbocycles. The highest BCUT2D eigenvalue weighted by Gasteiger charge is 2.28. The first-order chi connectivity index (χ1) is 15.8. The van der Waals surface area contributed by atoms with Crippen LogP contribution in [-0.2, 0) is 6.42 Å². The maximum absolute atomic E-state index is 6.38. The molecular weight excluding hydrogens is 418 g/mol. The SMILES string of the molecule is NC1Sc2ccccc2N1c1ccc(Oc2ncccc2-c2ccc3c(c2)CCO3)cc1. The molecule has 2 aliphatic rings. The first-order valence-electron chi connectivity index (χ1n) is 10.6. The summed E-state index contributed by atoms with van der Waals surface area (Å²) in [5.74, 6) is 2.28. The molecule has 1 unspecified atom stereocenters. The van der Waals surface area contributed by atoms with Crippen molar-refractivity contribution >= 4 is 23.1 Å². The Bertz CT molecular complexity index is 1290. The Labute approximate surface area is 190 Å². The molecule has 0 saturated heterocycles. The Morgan fingerprint density at radius 1 is 1.00 bits per heavy atom. The van der Waals surface area contributed by atoms with Crippen molar-refractivity contribution in [3.63, 3.8) is 0 Å². The van der Waals surface area contributed by atoms with E-state index >= 15 is 0 Å². The molecule has 1 atom stereocenters. The third-order valence-corrected chi connectivity index (χ3v) is 6.78. The Kier molecular flexibility index (Phi) is 4.74. The van der Waals surface area contributed by atoms with E-state index in [2.05, 4.69) is 34.1 Å². The number of hydrogen-bond acceptors (Lipinski definition) is 6. The zero-order chi connectivity index (χ0) is 21.5. The third kappa shape index (κ3) is 3.38. The molecule has 6 rings (SSSR count). The summed E-state index contributed by atoms with van der Waals surface area (Å²) in [5, 5.41) is 0. The molecule has 0 radical (unpaired) electrons. The van der Waals surface area contributed by atoms with E-state index in [4.69, 9.17) is 15.2 Å². The molecule has 2 aliphatic heterocycles. The second-order valence-corrected chi connectivity index (χ2v) is 8.88. The summed E-state index contributed by atoms with van der Waals surface area (Å²) in [6, 6.07) is 26.5. The molecule has 1 aromatic heterocycles. The van der Waals surface area contributed by atoms with Gasteiger partial charge in [-0.1, -0.05) is 30.0 Å². The van der Waals surface area contributed by atoms with Crippen LogP contribution < -0.4 is 20.1 Å². The van der Waals surface area contributed by atoms with Crippen molar-refractivity contribution in [3.05, 3.63) is 90.6 Å². The van der Waals surface area contributed by atoms with Gasteiger partial charge in [0, 0.05) is 28.8 Å². The van der Waals surface area contributed by atoms with Gasteiger partial charge < -0.3 is 20.1 Å². The first-order valence-corrected chi connectivity index (χ1v) is 11.4. The smallest absolute Gasteiger partial charge is 0.227 e. The number of ether oxygens (including phenoxy) is 2. The van der Waals surface area contributed by atoms with Crippen LogP contribution in [0.2, 0.25) is 0 Å². The van der Waals surface area contributed by atoms with Crippen molar-refractivity contribution in [2.45, 2.75) is 16.8 Å². The van der Waals surface area contributed by atoms with Crippen molar-refractivity contribution < 1.29 is 9.47 Å². The van der Waals surface area contributed by atoms with E-state index in [1.807, 2.05) is 54.6 Å². The number of nitrogens with two attached hydrogens (primary N) is 1. The quantitative estimate of drug-likeness (QED) is 0.423. The fourth-order valence-electron chi connectivity index (χ4n) is 4.19. The monoisotopic (exact) mass is 439 g/mol. The summed E-state index contributed by atoms with van der Waals surface area (Å²) in [6.07, 6.45) is 2.68. The zero-order valence-electron chi connectivity index (χ0n) is 17.3. The minimum absolute atomic E-state index is 0.148. The van der Waals surface area contributed by atoms with Gasteiger partial charge in [0.05, 0.1) is 12.3 Å². The lowest BCUT2D eigenvalue weighted by Crippen LogP contribution is -2.31. The largest absolute Gasteiger partial charge is 0.493 e. The standard InChI is InChI=1S/C26H21N3O2S/c27-26-29(22-5-1-2-6-24(22)32-26)19-8-10-20(11-9-19)31-25-21(4-3-14-28-25)17-7-12-23-18(16-17)13-15-30-23/h1-12,14,16,26H,13,15,27H2. The normalized spacial score (nSPS) is 16.4. The predicted octanol–water partition coefficient (Wildman–Crippen LogP) is 5.96. The van der Waals surface area contributed by atoms with Crippen LogP contribution in [0.5, 0.6) is 17.4 Å². The molecule has 0 spiro atoms. The van der Waals surface area contributed by atoms with Crippen LogP contribution in [0.4, 0.5) is 11.4 Å². The van der Waals surface area contributed by atoms with Gasteiger partial charge in [-0.25, -0.2) is 4.98 Å². The molecule has 5 nitrogen and oxygen atoms in total. The number of pyridine rings is 1. The zero-order valence-corrected chi connectivity index (χ0v) is 18.1. The van der Waals surface area contributed by atoms with E-state index in [9.17, 15) is 0 Å². The highest BCUT2D eigenvalue weighted by atomic mass is 32.2. The topological polar surface area (TPSA) is 60.6 Å². The highest BCUT2D eigenvalue weighted by Crippen LogP contribution is 2.45. The van der Waals surface area contributed by atoms with E-state index < -0.39 is 0 Å². The van der Waals surface area contributed by atoms with Crippen molar-refractivity contribution in [1.82, 2.24) is 4.98 Å². The van der Waals surface area contributed by atoms with E-state index in [1.165, 1.54) is 10.5 Å². The first kappa shape index (κ1) is 19.2. The lowest BCUT2D eigenvalue weighted by molar-refractivity contribution is 0.357. The Morgan fingerprint density at radius 3 is 2.78 bits per heavy atom. The Balaban J connectivity index is 1.27. The Hall–Kier alpha value is -3.48. The van der Waals surface area contributed by atoms with Crippen molar-refractivity contribution in [1.29, 1.82) is 0 Å². The van der Waals surface area contributed by atoms with Crippen LogP contribution in [0.1, 0.15) is 5.56 Å². The number of anilines is 2. The van der Waals surface area contributed by atoms with Gasteiger partial charge in [-0.2, -0.15) is 0 Å². The van der Waals surface area contributed by atoms with Crippen LogP contribution in [0.15, 0.2) is 90.0 Å². The molecule has 6 heteroatoms. The molecule has 2 N–H and O–H groups in total. The summed E-state index contributed by atoms with van der Waals surface area (Å²) in [7, 11) is 0. The van der Waals surface area contributed by atoms with Crippen LogP contribution in [0.25, 0.3) is 11.1 Å². The molecule has 0 amide bonds. The average Bonchev–Trinajstić information content (AvgIpc) is 3.43. The molecule has 0 fully saturated rings. The van der Waals surface area contributed by atoms with E-state index in [1.54, 1.807) is 18.0 Å². The fourth-order valence-corrected chi connectivity index (χ4v) is 5.24. The van der Waals surface area contributed by atoms with E-state index in [0.717, 1.165) is 47.0 Å². The number of nitrogens with zero attached hydrogens (tertiary/aromatic N) is 2. The third-order valence-electron chi connectivity index (χ3n) is 5.73. The maximum atomic E-state index is 6.38. The number of rotatable bonds is 4. The summed E-state index contributed by atoms with van der Waals surface area (Å²) in [5.41, 5.74) is 11.7. The summed E-state index contributed by atoms with van der Waals surface area (Å²) < 4.78 is 11.8. The van der Waals surface area contributed by atoms with Gasteiger partial charge in [0.25, 0.3) is 0 Å². The van der Waals surface area contributed by atoms with Gasteiger partial charge >= 0.3 is 0 Å². The number of hydrogen-bond donors (Lipinski definition) is 1. The van der Waals surface area contributed by atoms with Gasteiger partial charge in [0.1, 0.15) is 17.0 Å². The van der Waals surface area contributed by atoms with E-state index in [-0.39, 0.29) is 5.50 Å². The minimum atomic E-state index is -0.148. The number of fused-ring (bicyclic) bond motifs is 2. The molecule has 0 bridgehead atoms. The van der Waals surface area contributed by atoms with Gasteiger partial charge in [0.15, 0.2) is 0 Å². The number of thioether (sulfide) groups is 1. The molecular formula is C26H21N3O2S. The predicted molar refractivity (Wildman–Crippen MR) is 128 cm³/mol. The molecule has 158 valence electrons. The van der Waals surface area contributed by atoms with Crippen LogP contribution in [0, 0.1) is 0 Å². The second kappa shape index (κ2) is 7.89. The van der Waals surface area contributed by atoms with Gasteiger partial charge in [0.2, 0.25) is 5.88 Å². The molecule has 3 heterocycles. The lowest BCUT2D eigenvalue weighted by Gasteiger charge is -2.23. The van der Waals surface area contributed by atoms with Crippen molar-refractivity contribution in [2.75, 3.05) is 11.5 Å². The van der Waals surface area contributed by atoms with Crippen LogP contribution in [0.3, 0.4) is 0 Å². The number of benzene rings is 3. The molecule has 4 aromatic rings. The van der Waals surface area contributed by atoms with Gasteiger partial charge in [-0.15, -0.1) is 0 Å². The fraction of sp³-hybridized carbons (Fsp3) is 0.115. The average molecular weight is 440 g/mol. The minimum Gasteiger partial charge on any atom is -0.493 e. The van der Waals surface area contributed by atoms with Gasteiger partial charge in [-0.3, -0.25) is 0 Å². The van der Waals surface area contributed by atoms with E-state index in [0.29, 0.717) is 5.88 Å². The molecule has 0 aliphatic carbocycles. The van der Waals surface area contributed by atoms with Gasteiger partial charge in [-0.05, 0) is 71.8 Å². The number of aromatic nitrogens is 1. The second-order valence-electron chi connectivity index (χ2n) is 7.72. The Morgan fingerprint density at radius 2 is 1.88 bits per heavy atom. The molecule has 32 heavy (non-hydrogen) atoms. The maximum Gasteiger partial charge on any atom is 0.227 e. The molecule has 3 aromatic carbocycles. The van der Waals surface area contributed by atoms with Crippen LogP contribution in [-0.4, -0.2) is 17.1 Å². The van der Waals surface area contributed by atoms with Crippen molar-refractivity contribution in [2.24, 2.45) is 5.73 Å².